The first kappa shape index (κ1) is 16.9. The summed E-state index contributed by atoms with van der Waals surface area (Å²) in [6.07, 6.45) is 4.80. The summed E-state index contributed by atoms with van der Waals surface area (Å²) >= 11 is 5.85. The Kier molecular flexibility index (Phi) is 5.16. The van der Waals surface area contributed by atoms with Gasteiger partial charge in [0.25, 0.3) is 0 Å². The molecule has 3 heterocycles. The van der Waals surface area contributed by atoms with E-state index in [1.807, 2.05) is 49.6 Å². The van der Waals surface area contributed by atoms with E-state index in [-0.39, 0.29) is 0 Å². The van der Waals surface area contributed by atoms with Crippen molar-refractivity contribution in [3.05, 3.63) is 41.3 Å². The van der Waals surface area contributed by atoms with Gasteiger partial charge in [0.05, 0.1) is 0 Å². The van der Waals surface area contributed by atoms with Crippen LogP contribution in [0.15, 0.2) is 30.6 Å². The highest BCUT2D eigenvalue weighted by Crippen LogP contribution is 2.22. The highest BCUT2D eigenvalue weighted by Gasteiger charge is 2.26. The van der Waals surface area contributed by atoms with Crippen molar-refractivity contribution in [1.82, 2.24) is 19.9 Å². The average Bonchev–Trinajstić information content (AvgIpc) is 3.05. The van der Waals surface area contributed by atoms with E-state index in [1.54, 1.807) is 0 Å². The Balaban J connectivity index is 1.62. The fraction of sp³-hybridized carbons (Fsp3) is 0.471. The molecule has 0 amide bonds. The van der Waals surface area contributed by atoms with Crippen molar-refractivity contribution in [1.29, 1.82) is 0 Å². The van der Waals surface area contributed by atoms with Gasteiger partial charge in [-0.05, 0) is 24.1 Å². The van der Waals surface area contributed by atoms with Gasteiger partial charge >= 0.3 is 0 Å². The van der Waals surface area contributed by atoms with Crippen LogP contribution in [0.1, 0.15) is 12.0 Å². The van der Waals surface area contributed by atoms with Crippen molar-refractivity contribution >= 4 is 23.4 Å². The standard InChI is InChI=1S/C17H23ClN6/c1-22(2)17-19-8-6-16(21-17)23(3)14-7-9-24(12-14)11-13-4-5-15(18)20-10-13/h4-6,8,10,14H,7,9,11-12H2,1-3H3. The summed E-state index contributed by atoms with van der Waals surface area (Å²) in [5.41, 5.74) is 1.19. The lowest BCUT2D eigenvalue weighted by Gasteiger charge is -2.26. The van der Waals surface area contributed by atoms with E-state index in [4.69, 9.17) is 11.6 Å². The lowest BCUT2D eigenvalue weighted by molar-refractivity contribution is 0.325. The van der Waals surface area contributed by atoms with Crippen molar-refractivity contribution in [3.8, 4) is 0 Å². The first-order valence-corrected chi connectivity index (χ1v) is 8.46. The summed E-state index contributed by atoms with van der Waals surface area (Å²) in [6.45, 7) is 2.99. The van der Waals surface area contributed by atoms with E-state index in [1.165, 1.54) is 5.56 Å². The second-order valence-electron chi connectivity index (χ2n) is 6.39. The Morgan fingerprint density at radius 3 is 2.75 bits per heavy atom. The fourth-order valence-electron chi connectivity index (χ4n) is 2.97. The lowest BCUT2D eigenvalue weighted by atomic mass is 10.2. The van der Waals surface area contributed by atoms with Crippen molar-refractivity contribution < 1.29 is 0 Å². The number of hydrogen-bond donors (Lipinski definition) is 0. The summed E-state index contributed by atoms with van der Waals surface area (Å²) in [6, 6.07) is 6.31. The van der Waals surface area contributed by atoms with Crippen LogP contribution in [0.4, 0.5) is 11.8 Å². The predicted molar refractivity (Wildman–Crippen MR) is 97.7 cm³/mol. The number of nitrogens with zero attached hydrogens (tertiary/aromatic N) is 6. The molecule has 2 aromatic heterocycles. The molecule has 7 heteroatoms. The van der Waals surface area contributed by atoms with Gasteiger partial charge in [-0.3, -0.25) is 4.90 Å². The number of hydrogen-bond acceptors (Lipinski definition) is 6. The van der Waals surface area contributed by atoms with E-state index < -0.39 is 0 Å². The van der Waals surface area contributed by atoms with Gasteiger partial charge in [0, 0.05) is 59.2 Å². The van der Waals surface area contributed by atoms with Gasteiger partial charge in [0.2, 0.25) is 5.95 Å². The zero-order valence-corrected chi connectivity index (χ0v) is 15.1. The topological polar surface area (TPSA) is 48.4 Å². The zero-order valence-electron chi connectivity index (χ0n) is 14.4. The van der Waals surface area contributed by atoms with Crippen LogP contribution in [-0.2, 0) is 6.54 Å². The Hall–Kier alpha value is -1.92. The van der Waals surface area contributed by atoms with Crippen molar-refractivity contribution in [2.75, 3.05) is 44.0 Å². The molecule has 0 aromatic carbocycles. The number of likely N-dealkylation sites (tertiary alicyclic amines) is 1. The number of anilines is 2. The quantitative estimate of drug-likeness (QED) is 0.774. The molecule has 128 valence electrons. The summed E-state index contributed by atoms with van der Waals surface area (Å²) in [5, 5.41) is 0.540. The molecule has 0 radical (unpaired) electrons. The number of rotatable bonds is 5. The number of halogens is 1. The predicted octanol–water partition coefficient (Wildman–Crippen LogP) is 2.30. The maximum absolute atomic E-state index is 5.85. The van der Waals surface area contributed by atoms with Crippen molar-refractivity contribution in [3.63, 3.8) is 0 Å². The van der Waals surface area contributed by atoms with E-state index in [9.17, 15) is 0 Å². The SMILES string of the molecule is CN(C)c1nccc(N(C)C2CCN(Cc3ccc(Cl)nc3)C2)n1. The molecule has 1 saturated heterocycles. The largest absolute Gasteiger partial charge is 0.355 e. The maximum Gasteiger partial charge on any atom is 0.226 e. The van der Waals surface area contributed by atoms with Crippen LogP contribution >= 0.6 is 11.6 Å². The van der Waals surface area contributed by atoms with Crippen LogP contribution in [0, 0.1) is 0 Å². The molecule has 0 saturated carbocycles. The molecule has 0 N–H and O–H groups in total. The minimum Gasteiger partial charge on any atom is -0.355 e. The van der Waals surface area contributed by atoms with Crippen molar-refractivity contribution in [2.45, 2.75) is 19.0 Å². The molecule has 0 aliphatic carbocycles. The number of aromatic nitrogens is 3. The highest BCUT2D eigenvalue weighted by atomic mass is 35.5. The molecule has 3 rings (SSSR count). The van der Waals surface area contributed by atoms with Gasteiger partial charge in [-0.25, -0.2) is 9.97 Å². The molecule has 1 aliphatic heterocycles. The molecular formula is C17H23ClN6. The molecule has 0 spiro atoms. The minimum absolute atomic E-state index is 0.454. The Labute approximate surface area is 148 Å². The van der Waals surface area contributed by atoms with Crippen LogP contribution < -0.4 is 9.80 Å². The highest BCUT2D eigenvalue weighted by molar-refractivity contribution is 6.29. The summed E-state index contributed by atoms with van der Waals surface area (Å²) < 4.78 is 0. The summed E-state index contributed by atoms with van der Waals surface area (Å²) in [5.74, 6) is 1.70. The Morgan fingerprint density at radius 2 is 2.04 bits per heavy atom. The van der Waals surface area contributed by atoms with E-state index in [0.717, 1.165) is 37.8 Å². The zero-order chi connectivity index (χ0) is 17.1. The molecule has 6 nitrogen and oxygen atoms in total. The first-order valence-electron chi connectivity index (χ1n) is 8.09. The van der Waals surface area contributed by atoms with E-state index in [0.29, 0.717) is 11.2 Å². The van der Waals surface area contributed by atoms with E-state index >= 15 is 0 Å². The maximum atomic E-state index is 5.85. The molecule has 1 atom stereocenters. The molecule has 0 bridgehead atoms. The summed E-state index contributed by atoms with van der Waals surface area (Å²) in [7, 11) is 6.02. The van der Waals surface area contributed by atoms with Crippen molar-refractivity contribution in [2.24, 2.45) is 0 Å². The monoisotopic (exact) mass is 346 g/mol. The molecule has 1 aliphatic rings. The van der Waals surface area contributed by atoms with Gasteiger partial charge in [-0.1, -0.05) is 17.7 Å². The number of likely N-dealkylation sites (N-methyl/N-ethyl adjacent to an activating group) is 1. The normalized spacial score (nSPS) is 17.9. The van der Waals surface area contributed by atoms with Gasteiger partial charge in [0.1, 0.15) is 11.0 Å². The van der Waals surface area contributed by atoms with Gasteiger partial charge in [0.15, 0.2) is 0 Å². The second-order valence-corrected chi connectivity index (χ2v) is 6.77. The van der Waals surface area contributed by atoms with Crippen LogP contribution in [0.25, 0.3) is 0 Å². The molecule has 1 fully saturated rings. The third-order valence-corrected chi connectivity index (χ3v) is 4.60. The minimum atomic E-state index is 0.454. The molecular weight excluding hydrogens is 324 g/mol. The third kappa shape index (κ3) is 3.94. The Morgan fingerprint density at radius 1 is 1.21 bits per heavy atom. The second kappa shape index (κ2) is 7.32. The molecule has 1 unspecified atom stereocenters. The van der Waals surface area contributed by atoms with Crippen LogP contribution in [0.3, 0.4) is 0 Å². The van der Waals surface area contributed by atoms with E-state index in [2.05, 4.69) is 31.8 Å². The van der Waals surface area contributed by atoms with Gasteiger partial charge in [-0.2, -0.15) is 4.98 Å². The van der Waals surface area contributed by atoms with Gasteiger partial charge < -0.3 is 9.80 Å². The smallest absolute Gasteiger partial charge is 0.226 e. The Bertz CT molecular complexity index is 675. The lowest BCUT2D eigenvalue weighted by Crippen LogP contribution is -2.35. The fourth-order valence-corrected chi connectivity index (χ4v) is 3.08. The van der Waals surface area contributed by atoms with Crippen LogP contribution in [0.5, 0.6) is 0 Å². The van der Waals surface area contributed by atoms with Crippen LogP contribution in [-0.4, -0.2) is 60.1 Å². The summed E-state index contributed by atoms with van der Waals surface area (Å²) in [4.78, 5) is 19.7. The van der Waals surface area contributed by atoms with Gasteiger partial charge in [-0.15, -0.1) is 0 Å². The number of pyridine rings is 1. The molecule has 2 aromatic rings. The van der Waals surface area contributed by atoms with Crippen LogP contribution in [0.2, 0.25) is 5.15 Å². The first-order chi connectivity index (χ1) is 11.5. The third-order valence-electron chi connectivity index (χ3n) is 4.38. The molecule has 24 heavy (non-hydrogen) atoms. The average molecular weight is 347 g/mol.